The number of nitrogens with two attached hydrogens (primary N) is 1. The number of methoxy groups -OCH3 is 1. The Bertz CT molecular complexity index is 334. The summed E-state index contributed by atoms with van der Waals surface area (Å²) in [6, 6.07) is 3.34. The molecule has 3 heteroatoms. The lowest BCUT2D eigenvalue weighted by molar-refractivity contribution is 0.413. The molecule has 2 rings (SSSR count). The van der Waals surface area contributed by atoms with E-state index in [2.05, 4.69) is 0 Å². The molecule has 1 aliphatic rings. The van der Waals surface area contributed by atoms with Crippen molar-refractivity contribution in [3.8, 4) is 5.75 Å². The van der Waals surface area contributed by atoms with Crippen molar-refractivity contribution < 1.29 is 9.13 Å². The van der Waals surface area contributed by atoms with Crippen molar-refractivity contribution in [2.45, 2.75) is 18.8 Å². The van der Waals surface area contributed by atoms with Gasteiger partial charge in [0.2, 0.25) is 0 Å². The smallest absolute Gasteiger partial charge is 0.150 e. The standard InChI is InChI=1S/C10H12FNO/c1-13-9-5-7(6-2-3-6)4-8(11)10(9)12/h4-6H,2-3,12H2,1H3. The highest BCUT2D eigenvalue weighted by atomic mass is 19.1. The van der Waals surface area contributed by atoms with Crippen LogP contribution in [0.5, 0.6) is 5.75 Å². The molecule has 0 saturated heterocycles. The molecule has 0 spiro atoms. The number of nitrogen functional groups attached to an aromatic ring is 1. The second kappa shape index (κ2) is 2.91. The number of benzene rings is 1. The SMILES string of the molecule is COc1cc(C2CC2)cc(F)c1N. The van der Waals surface area contributed by atoms with E-state index in [9.17, 15) is 4.39 Å². The maximum atomic E-state index is 13.2. The molecule has 1 saturated carbocycles. The lowest BCUT2D eigenvalue weighted by Gasteiger charge is -2.07. The lowest BCUT2D eigenvalue weighted by atomic mass is 10.1. The topological polar surface area (TPSA) is 35.2 Å². The van der Waals surface area contributed by atoms with Crippen LogP contribution in [-0.4, -0.2) is 7.11 Å². The Morgan fingerprint density at radius 2 is 2.15 bits per heavy atom. The Hall–Kier alpha value is -1.25. The molecule has 13 heavy (non-hydrogen) atoms. The molecule has 70 valence electrons. The van der Waals surface area contributed by atoms with Gasteiger partial charge >= 0.3 is 0 Å². The minimum Gasteiger partial charge on any atom is -0.494 e. The lowest BCUT2D eigenvalue weighted by Crippen LogP contribution is -1.97. The number of anilines is 1. The third-order valence-corrected chi connectivity index (χ3v) is 2.38. The van der Waals surface area contributed by atoms with Crippen LogP contribution in [0, 0.1) is 5.82 Å². The van der Waals surface area contributed by atoms with Crippen LogP contribution in [0.1, 0.15) is 24.3 Å². The Morgan fingerprint density at radius 1 is 1.46 bits per heavy atom. The summed E-state index contributed by atoms with van der Waals surface area (Å²) in [6.45, 7) is 0. The van der Waals surface area contributed by atoms with Crippen molar-refractivity contribution in [1.29, 1.82) is 0 Å². The van der Waals surface area contributed by atoms with E-state index in [1.807, 2.05) is 6.07 Å². The molecule has 0 amide bonds. The summed E-state index contributed by atoms with van der Waals surface area (Å²) >= 11 is 0. The molecular weight excluding hydrogens is 169 g/mol. The average molecular weight is 181 g/mol. The predicted octanol–water partition coefficient (Wildman–Crippen LogP) is 2.29. The minimum absolute atomic E-state index is 0.104. The van der Waals surface area contributed by atoms with Crippen molar-refractivity contribution in [2.75, 3.05) is 12.8 Å². The van der Waals surface area contributed by atoms with Gasteiger partial charge in [0, 0.05) is 0 Å². The van der Waals surface area contributed by atoms with Gasteiger partial charge in [-0.2, -0.15) is 0 Å². The van der Waals surface area contributed by atoms with Crippen molar-refractivity contribution in [3.63, 3.8) is 0 Å². The van der Waals surface area contributed by atoms with Gasteiger partial charge in [-0.25, -0.2) is 4.39 Å². The molecule has 0 aromatic heterocycles. The minimum atomic E-state index is -0.374. The maximum Gasteiger partial charge on any atom is 0.150 e. The molecule has 2 N–H and O–H groups in total. The fraction of sp³-hybridized carbons (Fsp3) is 0.400. The fourth-order valence-corrected chi connectivity index (χ4v) is 1.43. The van der Waals surface area contributed by atoms with Crippen molar-refractivity contribution >= 4 is 5.69 Å². The van der Waals surface area contributed by atoms with Crippen LogP contribution < -0.4 is 10.5 Å². The van der Waals surface area contributed by atoms with E-state index >= 15 is 0 Å². The summed E-state index contributed by atoms with van der Waals surface area (Å²) in [6.07, 6.45) is 2.29. The molecule has 1 aromatic rings. The summed E-state index contributed by atoms with van der Waals surface area (Å²) in [5, 5.41) is 0. The van der Waals surface area contributed by atoms with Gasteiger partial charge in [-0.1, -0.05) is 0 Å². The van der Waals surface area contributed by atoms with E-state index in [1.165, 1.54) is 13.2 Å². The molecule has 0 radical (unpaired) electrons. The van der Waals surface area contributed by atoms with Crippen molar-refractivity contribution in [1.82, 2.24) is 0 Å². The number of hydrogen-bond donors (Lipinski definition) is 1. The first-order chi connectivity index (χ1) is 6.22. The van der Waals surface area contributed by atoms with E-state index in [-0.39, 0.29) is 11.5 Å². The van der Waals surface area contributed by atoms with Crippen molar-refractivity contribution in [2.24, 2.45) is 0 Å². The van der Waals surface area contributed by atoms with Crippen LogP contribution in [0.25, 0.3) is 0 Å². The monoisotopic (exact) mass is 181 g/mol. The summed E-state index contributed by atoms with van der Waals surface area (Å²) in [7, 11) is 1.50. The summed E-state index contributed by atoms with van der Waals surface area (Å²) in [5.74, 6) is 0.590. The average Bonchev–Trinajstić information content (AvgIpc) is 2.92. The molecule has 1 fully saturated rings. The Labute approximate surface area is 76.5 Å². The van der Waals surface area contributed by atoms with Crippen molar-refractivity contribution in [3.05, 3.63) is 23.5 Å². The van der Waals surface area contributed by atoms with E-state index in [0.29, 0.717) is 11.7 Å². The van der Waals surface area contributed by atoms with Gasteiger partial charge in [0.15, 0.2) is 0 Å². The summed E-state index contributed by atoms with van der Waals surface area (Å²) in [4.78, 5) is 0. The quantitative estimate of drug-likeness (QED) is 0.710. The highest BCUT2D eigenvalue weighted by Crippen LogP contribution is 2.42. The zero-order valence-corrected chi connectivity index (χ0v) is 7.51. The molecule has 1 aromatic carbocycles. The fourth-order valence-electron chi connectivity index (χ4n) is 1.43. The largest absolute Gasteiger partial charge is 0.494 e. The van der Waals surface area contributed by atoms with Gasteiger partial charge in [0.1, 0.15) is 17.3 Å². The zero-order valence-electron chi connectivity index (χ0n) is 7.51. The predicted molar refractivity (Wildman–Crippen MR) is 49.3 cm³/mol. The van der Waals surface area contributed by atoms with Gasteiger partial charge in [0.05, 0.1) is 7.11 Å². The first-order valence-electron chi connectivity index (χ1n) is 4.35. The van der Waals surface area contributed by atoms with Gasteiger partial charge in [-0.15, -0.1) is 0 Å². The number of ether oxygens (including phenoxy) is 1. The van der Waals surface area contributed by atoms with E-state index in [4.69, 9.17) is 10.5 Å². The van der Waals surface area contributed by atoms with Crippen LogP contribution >= 0.6 is 0 Å². The first-order valence-corrected chi connectivity index (χ1v) is 4.35. The van der Waals surface area contributed by atoms with Crippen LogP contribution in [0.4, 0.5) is 10.1 Å². The van der Waals surface area contributed by atoms with Gasteiger partial charge < -0.3 is 10.5 Å². The highest BCUT2D eigenvalue weighted by Gasteiger charge is 2.25. The molecular formula is C10H12FNO. The van der Waals surface area contributed by atoms with E-state index in [0.717, 1.165) is 18.4 Å². The highest BCUT2D eigenvalue weighted by molar-refractivity contribution is 5.56. The van der Waals surface area contributed by atoms with Crippen LogP contribution in [-0.2, 0) is 0 Å². The maximum absolute atomic E-state index is 13.2. The Morgan fingerprint density at radius 3 is 2.69 bits per heavy atom. The third kappa shape index (κ3) is 1.46. The molecule has 0 unspecified atom stereocenters. The number of halogens is 1. The molecule has 2 nitrogen and oxygen atoms in total. The summed E-state index contributed by atoms with van der Waals surface area (Å²) in [5.41, 5.74) is 6.59. The third-order valence-electron chi connectivity index (χ3n) is 2.38. The van der Waals surface area contributed by atoms with Gasteiger partial charge in [-0.3, -0.25) is 0 Å². The molecule has 0 bridgehead atoms. The number of rotatable bonds is 2. The summed E-state index contributed by atoms with van der Waals surface area (Å²) < 4.78 is 18.2. The molecule has 0 atom stereocenters. The van der Waals surface area contributed by atoms with Gasteiger partial charge in [0.25, 0.3) is 0 Å². The van der Waals surface area contributed by atoms with Crippen LogP contribution in [0.2, 0.25) is 0 Å². The Balaban J connectivity index is 2.43. The van der Waals surface area contributed by atoms with E-state index < -0.39 is 0 Å². The zero-order chi connectivity index (χ0) is 9.42. The van der Waals surface area contributed by atoms with E-state index in [1.54, 1.807) is 0 Å². The second-order valence-electron chi connectivity index (χ2n) is 3.39. The molecule has 0 aliphatic heterocycles. The van der Waals surface area contributed by atoms with Gasteiger partial charge in [-0.05, 0) is 36.5 Å². The Kier molecular flexibility index (Phi) is 1.87. The van der Waals surface area contributed by atoms with Crippen LogP contribution in [0.15, 0.2) is 12.1 Å². The molecule has 1 aliphatic carbocycles. The van der Waals surface area contributed by atoms with Crippen LogP contribution in [0.3, 0.4) is 0 Å². The normalized spacial score (nSPS) is 15.8. The first kappa shape index (κ1) is 8.35. The number of hydrogen-bond acceptors (Lipinski definition) is 2. The second-order valence-corrected chi connectivity index (χ2v) is 3.39. The molecule has 0 heterocycles.